The number of urea groups is 1. The molecule has 0 bridgehead atoms. The highest BCUT2D eigenvalue weighted by Gasteiger charge is 2.30. The summed E-state index contributed by atoms with van der Waals surface area (Å²) in [4.78, 5) is 32.6. The van der Waals surface area contributed by atoms with Gasteiger partial charge in [-0.25, -0.2) is 18.6 Å². The zero-order chi connectivity index (χ0) is 21.8. The fourth-order valence-electron chi connectivity index (χ4n) is 3.54. The van der Waals surface area contributed by atoms with Crippen LogP contribution in [0.15, 0.2) is 36.5 Å². The first-order chi connectivity index (χ1) is 15.0. The van der Waals surface area contributed by atoms with Gasteiger partial charge in [0.25, 0.3) is 5.91 Å². The summed E-state index contributed by atoms with van der Waals surface area (Å²) < 4.78 is 38.3. The normalized spacial score (nSPS) is 18.7. The number of ether oxygens (including phenoxy) is 2. The van der Waals surface area contributed by atoms with Crippen LogP contribution in [0.1, 0.15) is 16.8 Å². The van der Waals surface area contributed by atoms with E-state index >= 15 is 0 Å². The number of aromatic nitrogens is 1. The predicted octanol–water partition coefficient (Wildman–Crippen LogP) is 2.52. The van der Waals surface area contributed by atoms with Crippen LogP contribution in [0.5, 0.6) is 5.88 Å². The second-order valence-corrected chi connectivity index (χ2v) is 7.29. The summed E-state index contributed by atoms with van der Waals surface area (Å²) in [6.07, 6.45) is 1.67. The van der Waals surface area contributed by atoms with Crippen molar-refractivity contribution in [3.05, 3.63) is 53.7 Å². The van der Waals surface area contributed by atoms with Gasteiger partial charge in [0, 0.05) is 38.3 Å². The lowest BCUT2D eigenvalue weighted by Crippen LogP contribution is -2.41. The molecule has 2 aromatic rings. The average Bonchev–Trinajstić information content (AvgIpc) is 3.25. The van der Waals surface area contributed by atoms with Crippen LogP contribution in [-0.2, 0) is 4.74 Å². The molecule has 0 saturated carbocycles. The highest BCUT2D eigenvalue weighted by molar-refractivity contribution is 5.96. The van der Waals surface area contributed by atoms with Crippen LogP contribution in [0.3, 0.4) is 0 Å². The zero-order valence-corrected chi connectivity index (χ0v) is 16.7. The SMILES string of the molecule is O=C(Nc1cc(F)ccc1F)N1CCC(Oc2ncccc2C(=O)N2CCOCC2)C1. The van der Waals surface area contributed by atoms with Crippen LogP contribution >= 0.6 is 0 Å². The first kappa shape index (κ1) is 21.0. The smallest absolute Gasteiger partial charge is 0.322 e. The van der Waals surface area contributed by atoms with Crippen LogP contribution in [0, 0.1) is 11.6 Å². The van der Waals surface area contributed by atoms with E-state index in [2.05, 4.69) is 10.3 Å². The Labute approximate surface area is 177 Å². The molecule has 2 aliphatic rings. The van der Waals surface area contributed by atoms with E-state index in [1.807, 2.05) is 0 Å². The third kappa shape index (κ3) is 4.91. The number of nitrogens with zero attached hydrogens (tertiary/aromatic N) is 3. The Balaban J connectivity index is 1.39. The molecule has 2 saturated heterocycles. The van der Waals surface area contributed by atoms with Gasteiger partial charge in [-0.3, -0.25) is 4.79 Å². The van der Waals surface area contributed by atoms with E-state index in [0.717, 1.165) is 18.2 Å². The molecular weight excluding hydrogens is 410 g/mol. The number of rotatable bonds is 4. The molecule has 4 rings (SSSR count). The van der Waals surface area contributed by atoms with Gasteiger partial charge in [-0.2, -0.15) is 0 Å². The van der Waals surface area contributed by atoms with E-state index in [4.69, 9.17) is 9.47 Å². The standard InChI is InChI=1S/C21H22F2N4O4/c22-14-3-4-17(23)18(12-14)25-21(29)27-7-5-15(13-27)31-19-16(2-1-6-24-19)20(28)26-8-10-30-11-9-26/h1-4,6,12,15H,5,7-11,13H2,(H,25,29). The molecule has 1 N–H and O–H groups in total. The number of carbonyl (C=O) groups is 2. The third-order valence-electron chi connectivity index (χ3n) is 5.18. The summed E-state index contributed by atoms with van der Waals surface area (Å²) in [5.74, 6) is -1.34. The number of hydrogen-bond donors (Lipinski definition) is 1. The minimum Gasteiger partial charge on any atom is -0.472 e. The topological polar surface area (TPSA) is 84.0 Å². The maximum absolute atomic E-state index is 13.8. The number of pyridine rings is 1. The van der Waals surface area contributed by atoms with E-state index in [0.29, 0.717) is 44.8 Å². The number of halogens is 2. The van der Waals surface area contributed by atoms with Gasteiger partial charge in [-0.05, 0) is 24.3 Å². The number of nitrogens with one attached hydrogen (secondary N) is 1. The first-order valence-electron chi connectivity index (χ1n) is 10.0. The fourth-order valence-corrected chi connectivity index (χ4v) is 3.54. The van der Waals surface area contributed by atoms with Crippen molar-refractivity contribution in [2.75, 3.05) is 44.7 Å². The highest BCUT2D eigenvalue weighted by atomic mass is 19.1. The molecule has 2 fully saturated rings. The summed E-state index contributed by atoms with van der Waals surface area (Å²) in [5.41, 5.74) is 0.131. The van der Waals surface area contributed by atoms with E-state index < -0.39 is 17.7 Å². The van der Waals surface area contributed by atoms with Gasteiger partial charge in [0.15, 0.2) is 0 Å². The molecule has 10 heteroatoms. The van der Waals surface area contributed by atoms with E-state index in [1.54, 1.807) is 17.0 Å². The maximum Gasteiger partial charge on any atom is 0.322 e. The number of likely N-dealkylation sites (tertiary alicyclic amines) is 1. The number of anilines is 1. The summed E-state index contributed by atoms with van der Waals surface area (Å²) in [7, 11) is 0. The van der Waals surface area contributed by atoms with Crippen LogP contribution in [0.2, 0.25) is 0 Å². The van der Waals surface area contributed by atoms with Gasteiger partial charge in [-0.1, -0.05) is 0 Å². The minimum atomic E-state index is -0.721. The molecule has 3 amide bonds. The Morgan fingerprint density at radius 2 is 1.94 bits per heavy atom. The van der Waals surface area contributed by atoms with Crippen LogP contribution < -0.4 is 10.1 Å². The van der Waals surface area contributed by atoms with Crippen molar-refractivity contribution >= 4 is 17.6 Å². The third-order valence-corrected chi connectivity index (χ3v) is 5.18. The van der Waals surface area contributed by atoms with Crippen LogP contribution in [0.25, 0.3) is 0 Å². The predicted molar refractivity (Wildman–Crippen MR) is 107 cm³/mol. The van der Waals surface area contributed by atoms with Crippen molar-refractivity contribution in [2.24, 2.45) is 0 Å². The highest BCUT2D eigenvalue weighted by Crippen LogP contribution is 2.23. The molecule has 1 unspecified atom stereocenters. The van der Waals surface area contributed by atoms with Gasteiger partial charge in [0.1, 0.15) is 23.3 Å². The molecule has 1 aromatic carbocycles. The lowest BCUT2D eigenvalue weighted by atomic mass is 10.2. The summed E-state index contributed by atoms with van der Waals surface area (Å²) in [6.45, 7) is 2.57. The van der Waals surface area contributed by atoms with Gasteiger partial charge in [0.05, 0.1) is 25.4 Å². The molecule has 3 heterocycles. The minimum absolute atomic E-state index is 0.180. The van der Waals surface area contributed by atoms with Crippen molar-refractivity contribution in [3.8, 4) is 5.88 Å². The van der Waals surface area contributed by atoms with Crippen molar-refractivity contribution in [2.45, 2.75) is 12.5 Å². The number of morpholine rings is 1. The van der Waals surface area contributed by atoms with Crippen LogP contribution in [0.4, 0.5) is 19.3 Å². The largest absolute Gasteiger partial charge is 0.472 e. The van der Waals surface area contributed by atoms with E-state index in [-0.39, 0.29) is 30.1 Å². The summed E-state index contributed by atoms with van der Waals surface area (Å²) in [6, 6.07) is 5.63. The number of amides is 3. The Morgan fingerprint density at radius 3 is 2.74 bits per heavy atom. The van der Waals surface area contributed by atoms with Gasteiger partial charge in [0.2, 0.25) is 5.88 Å². The lowest BCUT2D eigenvalue weighted by molar-refractivity contribution is 0.0298. The van der Waals surface area contributed by atoms with E-state index in [9.17, 15) is 18.4 Å². The molecule has 8 nitrogen and oxygen atoms in total. The lowest BCUT2D eigenvalue weighted by Gasteiger charge is -2.27. The van der Waals surface area contributed by atoms with Crippen LogP contribution in [-0.4, -0.2) is 72.2 Å². The molecule has 1 aromatic heterocycles. The van der Waals surface area contributed by atoms with Crippen molar-refractivity contribution < 1.29 is 27.8 Å². The second kappa shape index (κ2) is 9.25. The maximum atomic E-state index is 13.8. The molecule has 31 heavy (non-hydrogen) atoms. The molecule has 0 radical (unpaired) electrons. The molecule has 0 aliphatic carbocycles. The van der Waals surface area contributed by atoms with Crippen molar-refractivity contribution in [3.63, 3.8) is 0 Å². The number of hydrogen-bond acceptors (Lipinski definition) is 5. The van der Waals surface area contributed by atoms with Crippen molar-refractivity contribution in [1.82, 2.24) is 14.8 Å². The zero-order valence-electron chi connectivity index (χ0n) is 16.7. The Morgan fingerprint density at radius 1 is 1.13 bits per heavy atom. The second-order valence-electron chi connectivity index (χ2n) is 7.29. The van der Waals surface area contributed by atoms with Gasteiger partial charge < -0.3 is 24.6 Å². The Hall–Kier alpha value is -3.27. The Bertz CT molecular complexity index is 968. The molecular formula is C21H22F2N4O4. The van der Waals surface area contributed by atoms with Gasteiger partial charge >= 0.3 is 6.03 Å². The Kier molecular flexibility index (Phi) is 6.26. The van der Waals surface area contributed by atoms with E-state index in [1.165, 1.54) is 11.1 Å². The van der Waals surface area contributed by atoms with Gasteiger partial charge in [-0.15, -0.1) is 0 Å². The molecule has 164 valence electrons. The average molecular weight is 432 g/mol. The first-order valence-corrected chi connectivity index (χ1v) is 10.0. The summed E-state index contributed by atoms with van der Waals surface area (Å²) >= 11 is 0. The number of carbonyl (C=O) groups excluding carboxylic acids is 2. The molecule has 0 spiro atoms. The summed E-state index contributed by atoms with van der Waals surface area (Å²) in [5, 5.41) is 2.38. The fraction of sp³-hybridized carbons (Fsp3) is 0.381. The van der Waals surface area contributed by atoms with Crippen molar-refractivity contribution in [1.29, 1.82) is 0 Å². The monoisotopic (exact) mass is 432 g/mol. The molecule has 1 atom stereocenters. The molecule has 2 aliphatic heterocycles. The quantitative estimate of drug-likeness (QED) is 0.803. The number of benzene rings is 1.